The molecular formula is C30H41N5O6. The molecule has 5 rings (SSSR count). The number of amides is 4. The number of benzene rings is 1. The summed E-state index contributed by atoms with van der Waals surface area (Å²) in [6.45, 7) is 1.75. The van der Waals surface area contributed by atoms with Gasteiger partial charge in [0.2, 0.25) is 17.7 Å². The van der Waals surface area contributed by atoms with Crippen molar-refractivity contribution in [2.45, 2.75) is 114 Å². The first-order valence-electron chi connectivity index (χ1n) is 15.0. The van der Waals surface area contributed by atoms with E-state index in [1.54, 1.807) is 18.9 Å². The number of hydrogen-bond donors (Lipinski definition) is 4. The Hall–Kier alpha value is -3.47. The van der Waals surface area contributed by atoms with Crippen molar-refractivity contribution in [3.63, 3.8) is 0 Å². The molecule has 1 aromatic rings. The molecule has 4 amide bonds. The van der Waals surface area contributed by atoms with Gasteiger partial charge in [0, 0.05) is 24.6 Å². The second-order valence-electron chi connectivity index (χ2n) is 11.7. The van der Waals surface area contributed by atoms with Crippen LogP contribution in [0.1, 0.15) is 88.3 Å². The van der Waals surface area contributed by atoms with Crippen molar-refractivity contribution in [2.75, 3.05) is 12.4 Å². The summed E-state index contributed by atoms with van der Waals surface area (Å²) in [4.78, 5) is 66.0. The fourth-order valence-electron chi connectivity index (χ4n) is 6.66. The lowest BCUT2D eigenvalue weighted by Crippen LogP contribution is -2.58. The molecule has 1 aromatic carbocycles. The van der Waals surface area contributed by atoms with E-state index in [9.17, 15) is 24.0 Å². The Morgan fingerprint density at radius 3 is 2.44 bits per heavy atom. The Kier molecular flexibility index (Phi) is 8.91. The summed E-state index contributed by atoms with van der Waals surface area (Å²) in [5.41, 5.74) is 2.59. The van der Waals surface area contributed by atoms with Crippen LogP contribution in [0.3, 0.4) is 0 Å². The van der Waals surface area contributed by atoms with E-state index in [0.717, 1.165) is 56.1 Å². The molecular weight excluding hydrogens is 526 g/mol. The van der Waals surface area contributed by atoms with Crippen LogP contribution in [-0.2, 0) is 35.1 Å². The number of nitrogens with zero attached hydrogens (tertiary/aromatic N) is 1. The minimum atomic E-state index is -0.779. The van der Waals surface area contributed by atoms with Gasteiger partial charge in [-0.3, -0.25) is 24.0 Å². The number of hydrogen-bond acceptors (Lipinski definition) is 7. The van der Waals surface area contributed by atoms with Gasteiger partial charge in [-0.25, -0.2) is 0 Å². The van der Waals surface area contributed by atoms with Gasteiger partial charge in [-0.1, -0.05) is 25.0 Å². The summed E-state index contributed by atoms with van der Waals surface area (Å²) in [5.74, 6) is -1.28. The number of esters is 1. The van der Waals surface area contributed by atoms with Crippen LogP contribution in [-0.4, -0.2) is 71.8 Å². The second kappa shape index (κ2) is 12.6. The Morgan fingerprint density at radius 1 is 0.902 bits per heavy atom. The van der Waals surface area contributed by atoms with Gasteiger partial charge in [-0.15, -0.1) is 0 Å². The molecule has 0 radical (unpaired) electrons. The zero-order valence-electron chi connectivity index (χ0n) is 23.9. The normalized spacial score (nSPS) is 28.4. The summed E-state index contributed by atoms with van der Waals surface area (Å²) in [6.07, 6.45) is 6.73. The molecule has 2 unspecified atom stereocenters. The molecule has 0 spiro atoms. The summed E-state index contributed by atoms with van der Waals surface area (Å²) in [5, 5.41) is 12.0. The van der Waals surface area contributed by atoms with Gasteiger partial charge >= 0.3 is 5.97 Å². The minimum Gasteiger partial charge on any atom is -0.452 e. The number of rotatable bonds is 7. The summed E-state index contributed by atoms with van der Waals surface area (Å²) >= 11 is 0. The highest BCUT2D eigenvalue weighted by molar-refractivity contribution is 5.97. The summed E-state index contributed by atoms with van der Waals surface area (Å²) < 4.78 is 5.12. The second-order valence-corrected chi connectivity index (χ2v) is 11.7. The molecule has 3 aliphatic heterocycles. The fourth-order valence-corrected chi connectivity index (χ4v) is 6.66. The van der Waals surface area contributed by atoms with Crippen LogP contribution in [0, 0.1) is 0 Å². The number of likely N-dealkylation sites (N-methyl/N-ethyl adjacent to an activating group) is 1. The van der Waals surface area contributed by atoms with Gasteiger partial charge < -0.3 is 30.9 Å². The summed E-state index contributed by atoms with van der Waals surface area (Å²) in [6, 6.07) is 3.75. The first-order valence-corrected chi connectivity index (χ1v) is 15.0. The molecule has 4 N–H and O–H groups in total. The van der Waals surface area contributed by atoms with E-state index in [-0.39, 0.29) is 48.1 Å². The minimum absolute atomic E-state index is 0.00943. The molecule has 222 valence electrons. The first kappa shape index (κ1) is 29.0. The molecule has 3 fully saturated rings. The van der Waals surface area contributed by atoms with E-state index in [2.05, 4.69) is 21.3 Å². The lowest BCUT2D eigenvalue weighted by atomic mass is 9.86. The van der Waals surface area contributed by atoms with Crippen LogP contribution in [0.25, 0.3) is 0 Å². The number of nitrogens with one attached hydrogen (secondary N) is 4. The van der Waals surface area contributed by atoms with E-state index >= 15 is 0 Å². The predicted molar refractivity (Wildman–Crippen MR) is 151 cm³/mol. The Bertz CT molecular complexity index is 1200. The molecule has 3 saturated heterocycles. The van der Waals surface area contributed by atoms with Crippen LogP contribution >= 0.6 is 0 Å². The lowest BCUT2D eigenvalue weighted by molar-refractivity contribution is -0.146. The number of ether oxygens (including phenoxy) is 1. The molecule has 4 aliphatic rings. The first-order chi connectivity index (χ1) is 19.8. The molecule has 11 heteroatoms. The maximum atomic E-state index is 13.8. The zero-order valence-corrected chi connectivity index (χ0v) is 23.9. The van der Waals surface area contributed by atoms with Gasteiger partial charge in [0.25, 0.3) is 5.91 Å². The highest BCUT2D eigenvalue weighted by Crippen LogP contribution is 2.36. The van der Waals surface area contributed by atoms with Gasteiger partial charge in [-0.2, -0.15) is 0 Å². The van der Waals surface area contributed by atoms with Crippen molar-refractivity contribution >= 4 is 35.3 Å². The SMILES string of the molecule is CN[C@@H](C)C(=O)N[C@H]1CCCCC2CC[C@@H](C(=O)N[C@@H]3CCCc4c(NC(=O)C5CCC(=O)O5)cccc43)N2C1=O. The molecule has 41 heavy (non-hydrogen) atoms. The Labute approximate surface area is 240 Å². The largest absolute Gasteiger partial charge is 0.452 e. The number of fused-ring (bicyclic) bond motifs is 2. The number of carbonyl (C=O) groups excluding carboxylic acids is 5. The number of carbonyl (C=O) groups is 5. The molecule has 1 aliphatic carbocycles. The molecule has 0 saturated carbocycles. The van der Waals surface area contributed by atoms with Crippen LogP contribution < -0.4 is 21.3 Å². The highest BCUT2D eigenvalue weighted by atomic mass is 16.6. The van der Waals surface area contributed by atoms with Crippen molar-refractivity contribution in [1.29, 1.82) is 0 Å². The van der Waals surface area contributed by atoms with E-state index in [1.165, 1.54) is 0 Å². The number of anilines is 1. The van der Waals surface area contributed by atoms with Gasteiger partial charge in [0.15, 0.2) is 6.10 Å². The van der Waals surface area contributed by atoms with E-state index < -0.39 is 24.2 Å². The Balaban J connectivity index is 1.29. The maximum absolute atomic E-state index is 13.8. The van der Waals surface area contributed by atoms with E-state index in [1.807, 2.05) is 18.2 Å². The standard InChI is InChI=1S/C30H41N5O6/c1-17(31-2)27(37)34-23-10-4-3-7-18-13-14-24(35(18)30(23)40)28(38)32-21-11-5-9-20-19(21)8-6-12-22(20)33-29(39)25-15-16-26(36)41-25/h6,8,12,17-18,21,23-25,31H,3-5,7,9-11,13-16H2,1-2H3,(H,32,38)(H,33,39)(H,34,37)/t17-,18?,21+,23-,24-,25?/m0/s1. The topological polar surface area (TPSA) is 146 Å². The average Bonchev–Trinajstić information content (AvgIpc) is 3.59. The highest BCUT2D eigenvalue weighted by Gasteiger charge is 2.44. The Morgan fingerprint density at radius 2 is 1.68 bits per heavy atom. The van der Waals surface area contributed by atoms with Crippen molar-refractivity contribution in [3.05, 3.63) is 29.3 Å². The zero-order chi connectivity index (χ0) is 29.1. The molecule has 6 atom stereocenters. The lowest BCUT2D eigenvalue weighted by Gasteiger charge is -2.36. The van der Waals surface area contributed by atoms with Gasteiger partial charge in [0.05, 0.1) is 12.1 Å². The van der Waals surface area contributed by atoms with E-state index in [0.29, 0.717) is 24.9 Å². The van der Waals surface area contributed by atoms with Crippen LogP contribution in [0.5, 0.6) is 0 Å². The molecule has 11 nitrogen and oxygen atoms in total. The smallest absolute Gasteiger partial charge is 0.306 e. The van der Waals surface area contributed by atoms with E-state index in [4.69, 9.17) is 4.74 Å². The number of cyclic esters (lactones) is 1. The van der Waals surface area contributed by atoms with Crippen molar-refractivity contribution in [1.82, 2.24) is 20.9 Å². The van der Waals surface area contributed by atoms with Crippen molar-refractivity contribution in [2.24, 2.45) is 0 Å². The van der Waals surface area contributed by atoms with Crippen LogP contribution in [0.15, 0.2) is 18.2 Å². The monoisotopic (exact) mass is 567 g/mol. The van der Waals surface area contributed by atoms with Crippen molar-refractivity contribution in [3.8, 4) is 0 Å². The predicted octanol–water partition coefficient (Wildman–Crippen LogP) is 1.85. The fraction of sp³-hybridized carbons (Fsp3) is 0.633. The maximum Gasteiger partial charge on any atom is 0.306 e. The van der Waals surface area contributed by atoms with Crippen molar-refractivity contribution < 1.29 is 28.7 Å². The third-order valence-corrected chi connectivity index (χ3v) is 9.04. The van der Waals surface area contributed by atoms with Gasteiger partial charge in [-0.05, 0) is 76.1 Å². The van der Waals surface area contributed by atoms with Gasteiger partial charge in [0.1, 0.15) is 12.1 Å². The summed E-state index contributed by atoms with van der Waals surface area (Å²) in [7, 11) is 1.70. The quantitative estimate of drug-likeness (QED) is 0.368. The third-order valence-electron chi connectivity index (χ3n) is 9.04. The van der Waals surface area contributed by atoms with Crippen LogP contribution in [0.4, 0.5) is 5.69 Å². The average molecular weight is 568 g/mol. The molecule has 0 aromatic heterocycles. The third kappa shape index (κ3) is 6.24. The van der Waals surface area contributed by atoms with Crippen LogP contribution in [0.2, 0.25) is 0 Å². The molecule has 0 bridgehead atoms. The molecule has 3 heterocycles.